The number of methoxy groups -OCH3 is 1. The van der Waals surface area contributed by atoms with Crippen molar-refractivity contribution in [1.82, 2.24) is 4.90 Å². The van der Waals surface area contributed by atoms with Crippen LogP contribution in [0.2, 0.25) is 0 Å². The molecule has 1 aromatic rings. The molecule has 6 atom stereocenters. The first-order valence-corrected chi connectivity index (χ1v) is 9.23. The van der Waals surface area contributed by atoms with Crippen LogP contribution in [-0.4, -0.2) is 54.5 Å². The number of nitrogens with two attached hydrogens (primary N) is 1. The molecule has 6 aliphatic rings. The van der Waals surface area contributed by atoms with E-state index >= 15 is 0 Å². The summed E-state index contributed by atoms with van der Waals surface area (Å²) in [6, 6.07) is 4.18. The molecule has 1 aromatic carbocycles. The molecular weight excluding hydrogens is 352 g/mol. The molecule has 2 heterocycles. The maximum absolute atomic E-state index is 10.5. The summed E-state index contributed by atoms with van der Waals surface area (Å²) in [4.78, 5) is 2.50. The summed E-state index contributed by atoms with van der Waals surface area (Å²) in [7, 11) is 3.97. The number of nitrogens with zero attached hydrogens (tertiary/aromatic N) is 1. The first kappa shape index (κ1) is 16.9. The van der Waals surface area contributed by atoms with Gasteiger partial charge in [0.05, 0.1) is 5.41 Å². The molecule has 4 bridgehead atoms. The Hall–Kier alpha value is -1.27. The van der Waals surface area contributed by atoms with Crippen molar-refractivity contribution < 1.29 is 14.6 Å². The number of aromatic hydroxyl groups is 1. The third kappa shape index (κ3) is 1.39. The number of phenolic OH excluding ortho intramolecular Hbond substituents is 1. The zero-order valence-corrected chi connectivity index (χ0v) is 15.9. The highest BCUT2D eigenvalue weighted by molar-refractivity contribution is 5.85. The number of likely N-dealkylation sites (tertiary alicyclic amines) is 1. The normalized spacial score (nSPS) is 46.5. The quantitative estimate of drug-likeness (QED) is 0.731. The van der Waals surface area contributed by atoms with Crippen LogP contribution in [0.25, 0.3) is 0 Å². The van der Waals surface area contributed by atoms with E-state index in [1.807, 2.05) is 0 Å². The van der Waals surface area contributed by atoms with Crippen LogP contribution < -0.4 is 10.5 Å². The minimum atomic E-state index is -0.623. The van der Waals surface area contributed by atoms with Gasteiger partial charge in [-0.1, -0.05) is 18.2 Å². The van der Waals surface area contributed by atoms with Crippen molar-refractivity contribution in [3.8, 4) is 11.5 Å². The Labute approximate surface area is 159 Å². The minimum absolute atomic E-state index is 0. The second-order valence-electron chi connectivity index (χ2n) is 8.61. The van der Waals surface area contributed by atoms with Gasteiger partial charge in [0.25, 0.3) is 0 Å². The fourth-order valence-electron chi connectivity index (χ4n) is 7.11. The summed E-state index contributed by atoms with van der Waals surface area (Å²) >= 11 is 0. The highest BCUT2D eigenvalue weighted by atomic mass is 35.5. The van der Waals surface area contributed by atoms with Crippen LogP contribution in [0.15, 0.2) is 24.3 Å². The second kappa shape index (κ2) is 4.76. The first-order valence-electron chi connectivity index (χ1n) is 9.23. The molecule has 2 spiro atoms. The number of hydrogen-bond acceptors (Lipinski definition) is 5. The Balaban J connectivity index is 0.00000150. The summed E-state index contributed by atoms with van der Waals surface area (Å²) in [6.45, 7) is 1.03. The molecule has 0 amide bonds. The molecule has 2 fully saturated rings. The molecule has 1 saturated carbocycles. The average Bonchev–Trinajstić information content (AvgIpc) is 2.97. The van der Waals surface area contributed by atoms with Crippen molar-refractivity contribution in [3.63, 3.8) is 0 Å². The summed E-state index contributed by atoms with van der Waals surface area (Å²) in [5.41, 5.74) is 8.42. The van der Waals surface area contributed by atoms with Gasteiger partial charge in [0.15, 0.2) is 11.5 Å². The molecule has 7 rings (SSSR count). The van der Waals surface area contributed by atoms with E-state index < -0.39 is 5.60 Å². The predicted octanol–water partition coefficient (Wildman–Crippen LogP) is 1.75. The predicted molar refractivity (Wildman–Crippen MR) is 100 cm³/mol. The van der Waals surface area contributed by atoms with Gasteiger partial charge in [-0.25, -0.2) is 0 Å². The van der Waals surface area contributed by atoms with Crippen molar-refractivity contribution in [1.29, 1.82) is 0 Å². The monoisotopic (exact) mass is 376 g/mol. The van der Waals surface area contributed by atoms with Gasteiger partial charge >= 0.3 is 0 Å². The largest absolute Gasteiger partial charge is 0.504 e. The fourth-order valence-corrected chi connectivity index (χ4v) is 7.11. The lowest BCUT2D eigenvalue weighted by Crippen LogP contribution is -2.81. The number of phenols is 1. The maximum Gasteiger partial charge on any atom is 0.165 e. The van der Waals surface area contributed by atoms with E-state index in [1.54, 1.807) is 13.2 Å². The number of fused-ring (bicyclic) bond motifs is 1. The lowest BCUT2D eigenvalue weighted by atomic mass is 9.38. The molecule has 0 unspecified atom stereocenters. The van der Waals surface area contributed by atoms with E-state index in [-0.39, 0.29) is 41.1 Å². The van der Waals surface area contributed by atoms with Crippen LogP contribution in [0.5, 0.6) is 11.5 Å². The second-order valence-corrected chi connectivity index (χ2v) is 8.61. The number of ether oxygens (including phenoxy) is 2. The van der Waals surface area contributed by atoms with E-state index in [2.05, 4.69) is 30.2 Å². The zero-order chi connectivity index (χ0) is 17.2. The lowest BCUT2D eigenvalue weighted by molar-refractivity contribution is -0.194. The molecule has 3 N–H and O–H groups in total. The van der Waals surface area contributed by atoms with E-state index in [9.17, 15) is 5.11 Å². The van der Waals surface area contributed by atoms with E-state index in [4.69, 9.17) is 15.2 Å². The van der Waals surface area contributed by atoms with Crippen molar-refractivity contribution in [2.45, 2.75) is 48.5 Å². The Morgan fingerprint density at radius 2 is 2.15 bits per heavy atom. The van der Waals surface area contributed by atoms with Gasteiger partial charge in [-0.05, 0) is 44.5 Å². The van der Waals surface area contributed by atoms with Crippen LogP contribution in [0.3, 0.4) is 0 Å². The fraction of sp³-hybridized carbons (Fsp3) is 0.600. The van der Waals surface area contributed by atoms with Gasteiger partial charge < -0.3 is 25.2 Å². The Morgan fingerprint density at radius 1 is 1.35 bits per heavy atom. The maximum atomic E-state index is 10.5. The zero-order valence-electron chi connectivity index (χ0n) is 15.1. The third-order valence-electron chi connectivity index (χ3n) is 8.12. The van der Waals surface area contributed by atoms with Crippen LogP contribution >= 0.6 is 12.4 Å². The first-order chi connectivity index (χ1) is 12.0. The van der Waals surface area contributed by atoms with Crippen molar-refractivity contribution in [2.75, 3.05) is 20.7 Å². The lowest BCUT2D eigenvalue weighted by Gasteiger charge is -2.70. The molecule has 1 saturated heterocycles. The molecule has 6 heteroatoms. The molecule has 5 nitrogen and oxygen atoms in total. The number of piperidine rings is 1. The summed E-state index contributed by atoms with van der Waals surface area (Å²) < 4.78 is 12.6. The number of rotatable bonds is 1. The smallest absolute Gasteiger partial charge is 0.165 e. The average molecular weight is 377 g/mol. The Bertz CT molecular complexity index is 845. The molecular formula is C20H25ClN2O3. The van der Waals surface area contributed by atoms with Crippen molar-refractivity contribution >= 4 is 12.4 Å². The number of halogens is 1. The highest BCUT2D eigenvalue weighted by Gasteiger charge is 2.78. The van der Waals surface area contributed by atoms with E-state index in [0.29, 0.717) is 11.8 Å². The van der Waals surface area contributed by atoms with Gasteiger partial charge in [-0.3, -0.25) is 0 Å². The number of likely N-dealkylation sites (N-methyl/N-ethyl adjacent to an activating group) is 1. The molecule has 4 aliphatic carbocycles. The van der Waals surface area contributed by atoms with Crippen LogP contribution in [0, 0.1) is 5.41 Å². The molecule has 0 radical (unpaired) electrons. The van der Waals surface area contributed by atoms with Crippen LogP contribution in [-0.2, 0) is 16.6 Å². The molecule has 140 valence electrons. The molecule has 26 heavy (non-hydrogen) atoms. The SMILES string of the molecule is CO[C@]12C=C[C@@]3(C[C@@H]1N)[C@H]1Cc4ccc(O)c5c4[C@@]3(CCN1C)[C@H]2O5.Cl. The number of hydrogen-bond donors (Lipinski definition) is 2. The Kier molecular flexibility index (Phi) is 3.09. The van der Waals surface area contributed by atoms with Gasteiger partial charge in [-0.15, -0.1) is 12.4 Å². The standard InChI is InChI=1S/C20H24N2O3.ClH/c1-22-8-7-19-15-11-3-4-12(23)16(15)25-17(19)20(24-2)6-5-18(19,10-13(20)21)14(22)9-11;/h3-6,13-14,17,23H,7-10,21H2,1-2H3;1H/t13-,14+,17+,18+,19-,20+;/m0./s1. The van der Waals surface area contributed by atoms with Gasteiger partial charge in [0.2, 0.25) is 0 Å². The van der Waals surface area contributed by atoms with Gasteiger partial charge in [0, 0.05) is 30.2 Å². The minimum Gasteiger partial charge on any atom is -0.504 e. The van der Waals surface area contributed by atoms with Crippen molar-refractivity contribution in [3.05, 3.63) is 35.4 Å². The summed E-state index contributed by atoms with van der Waals surface area (Å²) in [6.07, 6.45) is 7.29. The van der Waals surface area contributed by atoms with Crippen molar-refractivity contribution in [2.24, 2.45) is 11.1 Å². The van der Waals surface area contributed by atoms with Gasteiger partial charge in [0.1, 0.15) is 11.7 Å². The van der Waals surface area contributed by atoms with Crippen LogP contribution in [0.1, 0.15) is 24.0 Å². The topological polar surface area (TPSA) is 68.0 Å². The third-order valence-corrected chi connectivity index (χ3v) is 8.12. The highest BCUT2D eigenvalue weighted by Crippen LogP contribution is 2.73. The number of benzene rings is 1. The van der Waals surface area contributed by atoms with Gasteiger partial charge in [-0.2, -0.15) is 0 Å². The molecule has 0 aromatic heterocycles. The summed E-state index contributed by atoms with van der Waals surface area (Å²) in [5.74, 6) is 0.920. The van der Waals surface area contributed by atoms with E-state index in [0.717, 1.165) is 25.8 Å². The summed E-state index contributed by atoms with van der Waals surface area (Å²) in [5, 5.41) is 10.5. The molecule has 2 aliphatic heterocycles. The van der Waals surface area contributed by atoms with E-state index in [1.165, 1.54) is 11.1 Å². The van der Waals surface area contributed by atoms with Crippen LogP contribution in [0.4, 0.5) is 0 Å². The Morgan fingerprint density at radius 3 is 2.88 bits per heavy atom.